The fraction of sp³-hybridized carbons (Fsp3) is 0.467. The predicted octanol–water partition coefficient (Wildman–Crippen LogP) is 3.12. The molecule has 0 atom stereocenters. The highest BCUT2D eigenvalue weighted by atomic mass is 32.2. The first-order valence-corrected chi connectivity index (χ1v) is 8.75. The van der Waals surface area contributed by atoms with Crippen LogP contribution in [0.2, 0.25) is 0 Å². The summed E-state index contributed by atoms with van der Waals surface area (Å²) in [6.45, 7) is 2.83. The molecule has 0 bridgehead atoms. The number of aryl methyl sites for hydroxylation is 1. The Morgan fingerprint density at radius 3 is 2.87 bits per heavy atom. The molecule has 1 saturated carbocycles. The number of nitrogens with zero attached hydrogens (tertiary/aromatic N) is 5. The van der Waals surface area contributed by atoms with Gasteiger partial charge in [0, 0.05) is 11.8 Å². The molecule has 23 heavy (non-hydrogen) atoms. The number of aromatic nitrogens is 5. The van der Waals surface area contributed by atoms with E-state index < -0.39 is 0 Å². The fourth-order valence-corrected chi connectivity index (χ4v) is 4.31. The van der Waals surface area contributed by atoms with E-state index in [1.165, 1.54) is 25.7 Å². The maximum absolute atomic E-state index is 5.82. The largest absolute Gasteiger partial charge is 0.379 e. The highest BCUT2D eigenvalue weighted by molar-refractivity contribution is 7.99. The first-order chi connectivity index (χ1) is 11.3. The van der Waals surface area contributed by atoms with Gasteiger partial charge in [0.05, 0.1) is 16.7 Å². The highest BCUT2D eigenvalue weighted by Gasteiger charge is 2.20. The summed E-state index contributed by atoms with van der Waals surface area (Å²) in [7, 11) is 0. The molecular formula is C15H18N6OS. The second kappa shape index (κ2) is 5.84. The van der Waals surface area contributed by atoms with Crippen LogP contribution >= 0.6 is 11.8 Å². The Kier molecular flexibility index (Phi) is 3.68. The SMILES string of the molecule is CCn1c(-c2nonc2N)nc2cnc(SC3CCCC3)cc21. The van der Waals surface area contributed by atoms with Crippen LogP contribution < -0.4 is 5.73 Å². The first kappa shape index (κ1) is 14.5. The lowest BCUT2D eigenvalue weighted by atomic mass is 10.4. The normalized spacial score (nSPS) is 15.7. The smallest absolute Gasteiger partial charge is 0.199 e. The summed E-state index contributed by atoms with van der Waals surface area (Å²) in [5.41, 5.74) is 8.17. The van der Waals surface area contributed by atoms with E-state index in [0.717, 1.165) is 22.6 Å². The molecule has 3 heterocycles. The van der Waals surface area contributed by atoms with Gasteiger partial charge in [-0.1, -0.05) is 12.8 Å². The number of anilines is 1. The van der Waals surface area contributed by atoms with Gasteiger partial charge in [-0.15, -0.1) is 11.8 Å². The van der Waals surface area contributed by atoms with Gasteiger partial charge < -0.3 is 10.3 Å². The molecule has 8 heteroatoms. The van der Waals surface area contributed by atoms with E-state index in [0.29, 0.717) is 16.8 Å². The van der Waals surface area contributed by atoms with E-state index in [9.17, 15) is 0 Å². The quantitative estimate of drug-likeness (QED) is 0.785. The van der Waals surface area contributed by atoms with Gasteiger partial charge in [0.25, 0.3) is 0 Å². The molecule has 0 spiro atoms. The highest BCUT2D eigenvalue weighted by Crippen LogP contribution is 2.35. The van der Waals surface area contributed by atoms with Gasteiger partial charge in [0.1, 0.15) is 5.52 Å². The molecule has 1 aliphatic carbocycles. The Hall–Kier alpha value is -2.09. The van der Waals surface area contributed by atoms with Crippen LogP contribution in [0.5, 0.6) is 0 Å². The van der Waals surface area contributed by atoms with Gasteiger partial charge in [0.15, 0.2) is 17.3 Å². The third-order valence-corrected chi connectivity index (χ3v) is 5.51. The molecule has 3 aromatic rings. The number of imidazole rings is 1. The number of thioether (sulfide) groups is 1. The summed E-state index contributed by atoms with van der Waals surface area (Å²) >= 11 is 1.87. The van der Waals surface area contributed by atoms with Crippen molar-refractivity contribution in [2.45, 2.75) is 49.4 Å². The van der Waals surface area contributed by atoms with E-state index in [4.69, 9.17) is 10.4 Å². The van der Waals surface area contributed by atoms with E-state index in [-0.39, 0.29) is 5.82 Å². The maximum atomic E-state index is 5.82. The van der Waals surface area contributed by atoms with Crippen LogP contribution in [0.3, 0.4) is 0 Å². The molecule has 0 aliphatic heterocycles. The number of fused-ring (bicyclic) bond motifs is 1. The van der Waals surface area contributed by atoms with Crippen LogP contribution in [-0.2, 0) is 6.54 Å². The lowest BCUT2D eigenvalue weighted by Crippen LogP contribution is -2.00. The van der Waals surface area contributed by atoms with Gasteiger partial charge in [-0.2, -0.15) is 0 Å². The van der Waals surface area contributed by atoms with E-state index in [1.807, 2.05) is 18.0 Å². The van der Waals surface area contributed by atoms with E-state index in [2.05, 4.69) is 37.8 Å². The zero-order valence-corrected chi connectivity index (χ0v) is 13.7. The standard InChI is InChI=1S/C15H18N6OS/c1-2-21-11-7-12(23-9-5-3-4-6-9)17-8-10(11)18-15(21)13-14(16)20-22-19-13/h7-9H,2-6H2,1H3,(H2,16,20). The third-order valence-electron chi connectivity index (χ3n) is 4.24. The lowest BCUT2D eigenvalue weighted by molar-refractivity contribution is 0.310. The number of rotatable bonds is 4. The zero-order valence-electron chi connectivity index (χ0n) is 12.9. The molecule has 0 radical (unpaired) electrons. The molecular weight excluding hydrogens is 312 g/mol. The van der Waals surface area contributed by atoms with Crippen molar-refractivity contribution in [3.63, 3.8) is 0 Å². The van der Waals surface area contributed by atoms with Crippen LogP contribution in [0.4, 0.5) is 5.82 Å². The average molecular weight is 330 g/mol. The van der Waals surface area contributed by atoms with Gasteiger partial charge in [-0.3, -0.25) is 0 Å². The van der Waals surface area contributed by atoms with Gasteiger partial charge in [-0.25, -0.2) is 14.6 Å². The minimum Gasteiger partial charge on any atom is -0.379 e. The molecule has 3 aromatic heterocycles. The van der Waals surface area contributed by atoms with Crippen molar-refractivity contribution in [2.75, 3.05) is 5.73 Å². The van der Waals surface area contributed by atoms with Crippen molar-refractivity contribution in [1.82, 2.24) is 24.8 Å². The Balaban J connectivity index is 1.76. The summed E-state index contributed by atoms with van der Waals surface area (Å²) in [5.74, 6) is 0.926. The lowest BCUT2D eigenvalue weighted by Gasteiger charge is -2.08. The monoisotopic (exact) mass is 330 g/mol. The number of pyridine rings is 1. The molecule has 2 N–H and O–H groups in total. The number of hydrogen-bond donors (Lipinski definition) is 1. The molecule has 7 nitrogen and oxygen atoms in total. The minimum atomic E-state index is 0.253. The molecule has 120 valence electrons. The average Bonchev–Trinajstić information content (AvgIpc) is 3.26. The van der Waals surface area contributed by atoms with Crippen LogP contribution in [0.25, 0.3) is 22.6 Å². The molecule has 1 aliphatic rings. The van der Waals surface area contributed by atoms with Crippen LogP contribution in [0.1, 0.15) is 32.6 Å². The molecule has 0 amide bonds. The predicted molar refractivity (Wildman–Crippen MR) is 89.0 cm³/mol. The van der Waals surface area contributed by atoms with E-state index in [1.54, 1.807) is 0 Å². The molecule has 4 rings (SSSR count). The first-order valence-electron chi connectivity index (χ1n) is 7.87. The van der Waals surface area contributed by atoms with Crippen molar-refractivity contribution in [3.05, 3.63) is 12.3 Å². The second-order valence-electron chi connectivity index (χ2n) is 5.71. The molecule has 0 unspecified atom stereocenters. The van der Waals surface area contributed by atoms with Crippen molar-refractivity contribution in [3.8, 4) is 11.5 Å². The van der Waals surface area contributed by atoms with Crippen molar-refractivity contribution < 1.29 is 4.63 Å². The van der Waals surface area contributed by atoms with Crippen LogP contribution in [-0.4, -0.2) is 30.1 Å². The number of nitrogen functional groups attached to an aromatic ring is 1. The summed E-state index contributed by atoms with van der Waals surface area (Å²) in [6.07, 6.45) is 7.05. The number of nitrogens with two attached hydrogens (primary N) is 1. The van der Waals surface area contributed by atoms with Crippen molar-refractivity contribution in [2.24, 2.45) is 0 Å². The zero-order chi connectivity index (χ0) is 15.8. The summed E-state index contributed by atoms with van der Waals surface area (Å²) < 4.78 is 6.78. The maximum Gasteiger partial charge on any atom is 0.199 e. The molecule has 1 fully saturated rings. The fourth-order valence-electron chi connectivity index (χ4n) is 3.10. The second-order valence-corrected chi connectivity index (χ2v) is 7.03. The van der Waals surface area contributed by atoms with E-state index >= 15 is 0 Å². The Morgan fingerprint density at radius 2 is 2.17 bits per heavy atom. The third kappa shape index (κ3) is 2.56. The topological polar surface area (TPSA) is 95.7 Å². The Labute approximate surface area is 137 Å². The van der Waals surface area contributed by atoms with Gasteiger partial charge in [-0.05, 0) is 36.1 Å². The van der Waals surface area contributed by atoms with Crippen molar-refractivity contribution in [1.29, 1.82) is 0 Å². The van der Waals surface area contributed by atoms with Gasteiger partial charge in [0.2, 0.25) is 0 Å². The summed E-state index contributed by atoms with van der Waals surface area (Å²) in [5, 5.41) is 9.26. The Morgan fingerprint density at radius 1 is 1.35 bits per heavy atom. The molecule has 0 saturated heterocycles. The minimum absolute atomic E-state index is 0.253. The summed E-state index contributed by atoms with van der Waals surface area (Å²) in [4.78, 5) is 9.17. The van der Waals surface area contributed by atoms with Gasteiger partial charge >= 0.3 is 0 Å². The molecule has 0 aromatic carbocycles. The Bertz CT molecular complexity index is 836. The van der Waals surface area contributed by atoms with Crippen LogP contribution in [0.15, 0.2) is 21.9 Å². The number of hydrogen-bond acceptors (Lipinski definition) is 7. The summed E-state index contributed by atoms with van der Waals surface area (Å²) in [6, 6.07) is 2.11. The van der Waals surface area contributed by atoms with Crippen LogP contribution in [0, 0.1) is 0 Å². The van der Waals surface area contributed by atoms with Crippen molar-refractivity contribution >= 4 is 28.6 Å².